The molecule has 0 unspecified atom stereocenters. The van der Waals surface area contributed by atoms with Crippen molar-refractivity contribution in [3.05, 3.63) is 41.7 Å². The number of anilines is 1. The summed E-state index contributed by atoms with van der Waals surface area (Å²) in [4.78, 5) is 15.9. The summed E-state index contributed by atoms with van der Waals surface area (Å²) in [6, 6.07) is 7.11. The lowest BCUT2D eigenvalue weighted by molar-refractivity contribution is 0.0956. The minimum atomic E-state index is -0.156. The van der Waals surface area contributed by atoms with Gasteiger partial charge in [-0.15, -0.1) is 0 Å². The van der Waals surface area contributed by atoms with Gasteiger partial charge in [-0.2, -0.15) is 0 Å². The third-order valence-corrected chi connectivity index (χ3v) is 2.44. The van der Waals surface area contributed by atoms with Gasteiger partial charge in [0.05, 0.1) is 16.9 Å². The van der Waals surface area contributed by atoms with Gasteiger partial charge in [0.15, 0.2) is 0 Å². The van der Waals surface area contributed by atoms with Gasteiger partial charge < -0.3 is 22.1 Å². The smallest absolute Gasteiger partial charge is 0.253 e. The Balaban J connectivity index is 3.05. The molecule has 0 aliphatic rings. The molecule has 1 aromatic rings. The second kappa shape index (κ2) is 7.05. The first kappa shape index (κ1) is 14.6. The molecule has 0 atom stereocenters. The summed E-state index contributed by atoms with van der Waals surface area (Å²) in [5, 5.41) is 5.75. The number of amides is 1. The molecule has 1 amide bonds. The number of rotatable bonds is 4. The highest BCUT2D eigenvalue weighted by Gasteiger charge is 2.11. The molecule has 0 aliphatic heterocycles. The Morgan fingerprint density at radius 3 is 2.68 bits per heavy atom. The summed E-state index contributed by atoms with van der Waals surface area (Å²) in [6.07, 6.45) is 1.25. The minimum Gasteiger partial charge on any atom is -0.403 e. The Hall–Kier alpha value is -2.50. The van der Waals surface area contributed by atoms with Crippen LogP contribution in [-0.4, -0.2) is 25.3 Å². The highest BCUT2D eigenvalue weighted by Crippen LogP contribution is 2.15. The fourth-order valence-electron chi connectivity index (χ4n) is 1.51. The highest BCUT2D eigenvalue weighted by atomic mass is 16.1. The number of carbonyl (C=O) groups is 1. The van der Waals surface area contributed by atoms with Crippen molar-refractivity contribution in [3.8, 4) is 0 Å². The molecule has 0 saturated heterocycles. The van der Waals surface area contributed by atoms with Gasteiger partial charge in [-0.1, -0.05) is 12.1 Å². The number of benzene rings is 1. The zero-order valence-corrected chi connectivity index (χ0v) is 11.1. The summed E-state index contributed by atoms with van der Waals surface area (Å²) in [5.41, 5.74) is 12.5. The average Bonchev–Trinajstić information content (AvgIpc) is 2.44. The van der Waals surface area contributed by atoms with Gasteiger partial charge in [0.1, 0.15) is 5.84 Å². The molecule has 0 aliphatic carbocycles. The molecule has 0 aromatic heterocycles. The molecule has 1 aromatic carbocycles. The van der Waals surface area contributed by atoms with Gasteiger partial charge in [0.25, 0.3) is 5.91 Å². The van der Waals surface area contributed by atoms with E-state index in [0.29, 0.717) is 29.3 Å². The van der Waals surface area contributed by atoms with Gasteiger partial charge in [0, 0.05) is 19.8 Å². The maximum Gasteiger partial charge on any atom is 0.253 e. The van der Waals surface area contributed by atoms with Crippen LogP contribution in [0.5, 0.6) is 0 Å². The quantitative estimate of drug-likeness (QED) is 0.471. The van der Waals surface area contributed by atoms with Crippen molar-refractivity contribution in [2.75, 3.05) is 18.9 Å². The number of hydrogen-bond donors (Lipinski definition) is 4. The summed E-state index contributed by atoms with van der Waals surface area (Å²) >= 11 is 0. The molecule has 0 bridgehead atoms. The Morgan fingerprint density at radius 2 is 2.11 bits per heavy atom. The van der Waals surface area contributed by atoms with Gasteiger partial charge in [-0.25, -0.2) is 0 Å². The first-order valence-corrected chi connectivity index (χ1v) is 5.92. The zero-order valence-electron chi connectivity index (χ0n) is 11.1. The molecule has 6 heteroatoms. The van der Waals surface area contributed by atoms with E-state index in [2.05, 4.69) is 15.6 Å². The summed E-state index contributed by atoms with van der Waals surface area (Å²) in [7, 11) is 1.59. The van der Waals surface area contributed by atoms with Crippen molar-refractivity contribution >= 4 is 17.4 Å². The minimum absolute atomic E-state index is 0.156. The van der Waals surface area contributed by atoms with Crippen LogP contribution in [0, 0.1) is 0 Å². The van der Waals surface area contributed by atoms with Crippen LogP contribution >= 0.6 is 0 Å². The predicted octanol–water partition coefficient (Wildman–Crippen LogP) is 0.635. The summed E-state index contributed by atoms with van der Waals surface area (Å²) in [5.74, 6) is 0.260. The highest BCUT2D eigenvalue weighted by molar-refractivity contribution is 6.10. The van der Waals surface area contributed by atoms with Crippen molar-refractivity contribution < 1.29 is 4.79 Å². The van der Waals surface area contributed by atoms with E-state index in [1.165, 1.54) is 6.20 Å². The number of amidine groups is 1. The summed E-state index contributed by atoms with van der Waals surface area (Å²) in [6.45, 7) is 2.43. The first-order valence-electron chi connectivity index (χ1n) is 5.92. The zero-order chi connectivity index (χ0) is 14.3. The van der Waals surface area contributed by atoms with E-state index >= 15 is 0 Å². The number of nitrogens with two attached hydrogens (primary N) is 2. The van der Waals surface area contributed by atoms with Crippen LogP contribution in [0.25, 0.3) is 0 Å². The van der Waals surface area contributed by atoms with Crippen LogP contribution in [0.1, 0.15) is 17.3 Å². The molecule has 0 spiro atoms. The third-order valence-electron chi connectivity index (χ3n) is 2.44. The van der Waals surface area contributed by atoms with Crippen molar-refractivity contribution in [1.82, 2.24) is 5.32 Å². The van der Waals surface area contributed by atoms with E-state index in [9.17, 15) is 4.79 Å². The van der Waals surface area contributed by atoms with Crippen LogP contribution in [0.15, 0.2) is 41.2 Å². The molecular weight excluding hydrogens is 242 g/mol. The van der Waals surface area contributed by atoms with Crippen molar-refractivity contribution in [1.29, 1.82) is 0 Å². The lowest BCUT2D eigenvalue weighted by Gasteiger charge is -2.13. The number of para-hydroxylation sites is 1. The molecule has 6 nitrogen and oxygen atoms in total. The number of carbonyl (C=O) groups excluding carboxylic acids is 1. The van der Waals surface area contributed by atoms with E-state index in [-0.39, 0.29) is 5.91 Å². The largest absolute Gasteiger partial charge is 0.403 e. The normalized spacial score (nSPS) is 12.1. The Kier molecular flexibility index (Phi) is 5.40. The number of nitrogens with zero attached hydrogens (tertiary/aromatic N) is 1. The topological polar surface area (TPSA) is 106 Å². The first-order chi connectivity index (χ1) is 9.13. The molecular formula is C13H19N5O. The molecule has 0 heterocycles. The van der Waals surface area contributed by atoms with Crippen LogP contribution in [-0.2, 0) is 0 Å². The molecule has 0 saturated carbocycles. The lowest BCUT2D eigenvalue weighted by Crippen LogP contribution is -2.26. The van der Waals surface area contributed by atoms with Crippen LogP contribution in [0.4, 0.5) is 5.69 Å². The van der Waals surface area contributed by atoms with E-state index in [4.69, 9.17) is 11.5 Å². The SMILES string of the molecule is CCNC(=O)c1ccccc1NC(=NC)C(N)=CN. The van der Waals surface area contributed by atoms with Crippen molar-refractivity contribution in [2.24, 2.45) is 16.5 Å². The third kappa shape index (κ3) is 3.74. The Bertz CT molecular complexity index is 508. The maximum atomic E-state index is 11.9. The van der Waals surface area contributed by atoms with E-state index in [1.807, 2.05) is 13.0 Å². The monoisotopic (exact) mass is 261 g/mol. The van der Waals surface area contributed by atoms with E-state index < -0.39 is 0 Å². The molecule has 19 heavy (non-hydrogen) atoms. The number of hydrogen-bond acceptors (Lipinski definition) is 4. The van der Waals surface area contributed by atoms with Gasteiger partial charge in [-0.3, -0.25) is 9.79 Å². The van der Waals surface area contributed by atoms with E-state index in [0.717, 1.165) is 0 Å². The van der Waals surface area contributed by atoms with Crippen LogP contribution in [0.3, 0.4) is 0 Å². The Morgan fingerprint density at radius 1 is 1.42 bits per heavy atom. The number of aliphatic imine (C=N–C) groups is 1. The summed E-state index contributed by atoms with van der Waals surface area (Å²) < 4.78 is 0. The Labute approximate surface area is 112 Å². The molecule has 0 fully saturated rings. The van der Waals surface area contributed by atoms with Gasteiger partial charge in [-0.05, 0) is 19.1 Å². The van der Waals surface area contributed by atoms with Crippen molar-refractivity contribution in [3.63, 3.8) is 0 Å². The fourth-order valence-corrected chi connectivity index (χ4v) is 1.51. The maximum absolute atomic E-state index is 11.9. The lowest BCUT2D eigenvalue weighted by atomic mass is 10.1. The fraction of sp³-hybridized carbons (Fsp3) is 0.231. The second-order valence-corrected chi connectivity index (χ2v) is 3.72. The van der Waals surface area contributed by atoms with Gasteiger partial charge in [0.2, 0.25) is 0 Å². The van der Waals surface area contributed by atoms with Crippen LogP contribution in [0.2, 0.25) is 0 Å². The molecule has 1 rings (SSSR count). The van der Waals surface area contributed by atoms with Crippen molar-refractivity contribution in [2.45, 2.75) is 6.92 Å². The van der Waals surface area contributed by atoms with Crippen LogP contribution < -0.4 is 22.1 Å². The molecule has 102 valence electrons. The number of nitrogens with one attached hydrogen (secondary N) is 2. The second-order valence-electron chi connectivity index (χ2n) is 3.72. The molecule has 6 N–H and O–H groups in total. The molecule has 0 radical (unpaired) electrons. The average molecular weight is 261 g/mol. The predicted molar refractivity (Wildman–Crippen MR) is 77.9 cm³/mol. The van der Waals surface area contributed by atoms with Gasteiger partial charge >= 0.3 is 0 Å². The van der Waals surface area contributed by atoms with E-state index in [1.54, 1.807) is 25.2 Å². The standard InChI is InChI=1S/C13H19N5O/c1-3-17-13(19)9-6-4-5-7-11(9)18-12(16-2)10(15)8-14/h4-8H,3,14-15H2,1-2H3,(H,16,18)(H,17,19).